The van der Waals surface area contributed by atoms with Crippen LogP contribution in [0.4, 0.5) is 0 Å². The Bertz CT molecular complexity index is 782. The number of aromatic nitrogens is 2. The van der Waals surface area contributed by atoms with Crippen LogP contribution in [0.2, 0.25) is 0 Å². The third kappa shape index (κ3) is 3.38. The highest BCUT2D eigenvalue weighted by Crippen LogP contribution is 2.25. The van der Waals surface area contributed by atoms with Crippen molar-refractivity contribution < 1.29 is 23.1 Å². The number of hydrogen-bond acceptors (Lipinski definition) is 5. The molecule has 0 saturated heterocycles. The summed E-state index contributed by atoms with van der Waals surface area (Å²) in [7, 11) is -2.34. The number of ether oxygens (including phenoxy) is 1. The zero-order valence-electron chi connectivity index (χ0n) is 11.1. The minimum Gasteiger partial charge on any atom is -0.486 e. The van der Waals surface area contributed by atoms with E-state index in [1.54, 1.807) is 24.1 Å². The SMILES string of the molecule is Cn1cncc1COc1ccc(C(=O)O)cc1S(N)(=O)=O. The first-order valence-electron chi connectivity index (χ1n) is 5.77. The van der Waals surface area contributed by atoms with Crippen LogP contribution in [0.15, 0.2) is 35.6 Å². The number of carbonyl (C=O) groups is 1. The summed E-state index contributed by atoms with van der Waals surface area (Å²) < 4.78 is 30.2. The van der Waals surface area contributed by atoms with Crippen LogP contribution in [-0.4, -0.2) is 29.0 Å². The van der Waals surface area contributed by atoms with Gasteiger partial charge in [-0.15, -0.1) is 0 Å². The van der Waals surface area contributed by atoms with Crippen molar-refractivity contribution >= 4 is 16.0 Å². The van der Waals surface area contributed by atoms with E-state index >= 15 is 0 Å². The fourth-order valence-electron chi connectivity index (χ4n) is 1.66. The summed E-state index contributed by atoms with van der Waals surface area (Å²) in [4.78, 5) is 14.4. The number of rotatable bonds is 5. The lowest BCUT2D eigenvalue weighted by Gasteiger charge is -2.11. The molecule has 0 spiro atoms. The first-order chi connectivity index (χ1) is 9.79. The Balaban J connectivity index is 2.35. The molecule has 2 rings (SSSR count). The van der Waals surface area contributed by atoms with Gasteiger partial charge in [0.2, 0.25) is 10.0 Å². The molecule has 0 saturated carbocycles. The lowest BCUT2D eigenvalue weighted by Crippen LogP contribution is -2.15. The maximum atomic E-state index is 11.5. The molecule has 0 radical (unpaired) electrons. The number of primary sulfonamides is 1. The molecule has 1 aromatic carbocycles. The average molecular weight is 311 g/mol. The number of benzene rings is 1. The maximum Gasteiger partial charge on any atom is 0.335 e. The van der Waals surface area contributed by atoms with Crippen LogP contribution >= 0.6 is 0 Å². The Morgan fingerprint density at radius 1 is 1.48 bits per heavy atom. The second-order valence-corrected chi connectivity index (χ2v) is 5.83. The van der Waals surface area contributed by atoms with Gasteiger partial charge in [0.1, 0.15) is 17.3 Å². The molecule has 9 heteroatoms. The van der Waals surface area contributed by atoms with E-state index in [1.165, 1.54) is 12.1 Å². The number of carboxylic acids is 1. The number of nitrogens with two attached hydrogens (primary N) is 1. The molecule has 21 heavy (non-hydrogen) atoms. The Morgan fingerprint density at radius 2 is 2.19 bits per heavy atom. The molecule has 1 aromatic heterocycles. The molecular weight excluding hydrogens is 298 g/mol. The van der Waals surface area contributed by atoms with Crippen LogP contribution in [-0.2, 0) is 23.7 Å². The normalized spacial score (nSPS) is 11.3. The molecule has 2 aromatic rings. The molecule has 0 fully saturated rings. The quantitative estimate of drug-likeness (QED) is 0.820. The van der Waals surface area contributed by atoms with Crippen molar-refractivity contribution in [3.8, 4) is 5.75 Å². The van der Waals surface area contributed by atoms with Gasteiger partial charge in [0.25, 0.3) is 0 Å². The van der Waals surface area contributed by atoms with Crippen LogP contribution in [0.3, 0.4) is 0 Å². The van der Waals surface area contributed by atoms with Gasteiger partial charge in [-0.05, 0) is 18.2 Å². The largest absolute Gasteiger partial charge is 0.486 e. The topological polar surface area (TPSA) is 125 Å². The van der Waals surface area contributed by atoms with Gasteiger partial charge in [0.05, 0.1) is 23.8 Å². The molecule has 0 aliphatic rings. The zero-order valence-corrected chi connectivity index (χ0v) is 11.9. The average Bonchev–Trinajstić information content (AvgIpc) is 2.80. The molecule has 0 aliphatic heterocycles. The van der Waals surface area contributed by atoms with Crippen LogP contribution < -0.4 is 9.88 Å². The smallest absolute Gasteiger partial charge is 0.335 e. The van der Waals surface area contributed by atoms with Gasteiger partial charge in [0, 0.05) is 7.05 Å². The van der Waals surface area contributed by atoms with Crippen LogP contribution in [0.5, 0.6) is 5.75 Å². The van der Waals surface area contributed by atoms with Crippen molar-refractivity contribution in [2.45, 2.75) is 11.5 Å². The third-order valence-corrected chi connectivity index (χ3v) is 3.72. The van der Waals surface area contributed by atoms with Gasteiger partial charge in [-0.1, -0.05) is 0 Å². The molecule has 0 unspecified atom stereocenters. The van der Waals surface area contributed by atoms with Gasteiger partial charge >= 0.3 is 5.97 Å². The minimum atomic E-state index is -4.10. The summed E-state index contributed by atoms with van der Waals surface area (Å²) >= 11 is 0. The summed E-state index contributed by atoms with van der Waals surface area (Å²) in [6.07, 6.45) is 3.15. The van der Waals surface area contributed by atoms with E-state index < -0.39 is 16.0 Å². The van der Waals surface area contributed by atoms with Gasteiger partial charge in [-0.25, -0.2) is 23.3 Å². The fourth-order valence-corrected chi connectivity index (χ4v) is 2.36. The molecule has 0 amide bonds. The van der Waals surface area contributed by atoms with Crippen molar-refractivity contribution in [3.63, 3.8) is 0 Å². The number of carboxylic acid groups (broad SMARTS) is 1. The highest BCUT2D eigenvalue weighted by Gasteiger charge is 2.18. The standard InChI is InChI=1S/C12H13N3O5S/c1-15-7-14-5-9(15)6-20-10-3-2-8(12(16)17)4-11(10)21(13,18)19/h2-5,7H,6H2,1H3,(H,16,17)(H2,13,18,19). The number of aromatic carboxylic acids is 1. The molecule has 3 N–H and O–H groups in total. The second kappa shape index (κ2) is 5.54. The van der Waals surface area contributed by atoms with E-state index in [-0.39, 0.29) is 22.8 Å². The van der Waals surface area contributed by atoms with E-state index in [2.05, 4.69) is 4.98 Å². The molecule has 0 atom stereocenters. The van der Waals surface area contributed by atoms with Gasteiger partial charge in [0.15, 0.2) is 0 Å². The summed E-state index contributed by atoms with van der Waals surface area (Å²) in [5.74, 6) is -1.26. The monoisotopic (exact) mass is 311 g/mol. The number of hydrogen-bond donors (Lipinski definition) is 2. The number of aryl methyl sites for hydroxylation is 1. The van der Waals surface area contributed by atoms with E-state index in [0.29, 0.717) is 0 Å². The molecule has 0 aliphatic carbocycles. The van der Waals surface area contributed by atoms with Crippen LogP contribution in [0.1, 0.15) is 16.1 Å². The Hall–Kier alpha value is -2.39. The van der Waals surface area contributed by atoms with Crippen molar-refractivity contribution in [1.82, 2.24) is 9.55 Å². The summed E-state index contributed by atoms with van der Waals surface area (Å²) in [6.45, 7) is 0.0748. The first kappa shape index (κ1) is 15.0. The van der Waals surface area contributed by atoms with Gasteiger partial charge < -0.3 is 14.4 Å². The van der Waals surface area contributed by atoms with Gasteiger partial charge in [-0.2, -0.15) is 0 Å². The van der Waals surface area contributed by atoms with Crippen molar-refractivity contribution in [2.75, 3.05) is 0 Å². The number of imidazole rings is 1. The fraction of sp³-hybridized carbons (Fsp3) is 0.167. The van der Waals surface area contributed by atoms with Crippen molar-refractivity contribution in [1.29, 1.82) is 0 Å². The minimum absolute atomic E-state index is 0.0105. The van der Waals surface area contributed by atoms with E-state index in [4.69, 9.17) is 15.0 Å². The zero-order chi connectivity index (χ0) is 15.6. The van der Waals surface area contributed by atoms with E-state index in [9.17, 15) is 13.2 Å². The predicted octanol–water partition coefficient (Wildman–Crippen LogP) is 0.345. The molecule has 0 bridgehead atoms. The third-order valence-electron chi connectivity index (χ3n) is 2.79. The summed E-state index contributed by atoms with van der Waals surface area (Å²) in [5, 5.41) is 14.0. The Labute approximate surface area is 120 Å². The lowest BCUT2D eigenvalue weighted by molar-refractivity contribution is 0.0696. The van der Waals surface area contributed by atoms with Crippen molar-refractivity contribution in [2.24, 2.45) is 12.2 Å². The highest BCUT2D eigenvalue weighted by atomic mass is 32.2. The van der Waals surface area contributed by atoms with Crippen LogP contribution in [0, 0.1) is 0 Å². The number of sulfonamides is 1. The lowest BCUT2D eigenvalue weighted by atomic mass is 10.2. The summed E-state index contributed by atoms with van der Waals surface area (Å²) in [5.41, 5.74) is 0.532. The maximum absolute atomic E-state index is 11.5. The van der Waals surface area contributed by atoms with Gasteiger partial charge in [-0.3, -0.25) is 0 Å². The van der Waals surface area contributed by atoms with Crippen LogP contribution in [0.25, 0.3) is 0 Å². The first-order valence-corrected chi connectivity index (χ1v) is 7.32. The Kier molecular flexibility index (Phi) is 3.96. The molecule has 1 heterocycles. The van der Waals surface area contributed by atoms with E-state index in [1.807, 2.05) is 0 Å². The highest BCUT2D eigenvalue weighted by molar-refractivity contribution is 7.89. The molecular formula is C12H13N3O5S. The predicted molar refractivity (Wildman–Crippen MR) is 72.3 cm³/mol. The molecule has 112 valence electrons. The Morgan fingerprint density at radius 3 is 2.71 bits per heavy atom. The van der Waals surface area contributed by atoms with Crippen molar-refractivity contribution in [3.05, 3.63) is 42.0 Å². The number of nitrogens with zero attached hydrogens (tertiary/aromatic N) is 2. The molecule has 8 nitrogen and oxygen atoms in total. The summed E-state index contributed by atoms with van der Waals surface area (Å²) in [6, 6.07) is 3.48. The second-order valence-electron chi connectivity index (χ2n) is 4.30. The van der Waals surface area contributed by atoms with E-state index in [0.717, 1.165) is 11.8 Å².